The topological polar surface area (TPSA) is 45.2 Å². The highest BCUT2D eigenvalue weighted by Gasteiger charge is 2.31. The van der Waals surface area contributed by atoms with Crippen LogP contribution in [0.3, 0.4) is 0 Å². The van der Waals surface area contributed by atoms with Gasteiger partial charge in [0.1, 0.15) is 0 Å². The molecule has 2 aromatic carbocycles. The highest BCUT2D eigenvalue weighted by molar-refractivity contribution is 6.04. The van der Waals surface area contributed by atoms with Crippen LogP contribution in [0, 0.1) is 6.92 Å². The number of carbonyl (C=O) groups is 1. The zero-order valence-electron chi connectivity index (χ0n) is 15.3. The van der Waals surface area contributed by atoms with Crippen molar-refractivity contribution in [2.75, 3.05) is 17.3 Å². The smallest absolute Gasteiger partial charge is 0.343 e. The third kappa shape index (κ3) is 4.49. The van der Waals surface area contributed by atoms with Gasteiger partial charge in [-0.3, -0.25) is 9.78 Å². The first-order valence-electron chi connectivity index (χ1n) is 8.48. The Balaban J connectivity index is 1.82. The first kappa shape index (κ1) is 19.4. The molecule has 0 radical (unpaired) electrons. The summed E-state index contributed by atoms with van der Waals surface area (Å²) in [6.07, 6.45) is -2.32. The lowest BCUT2D eigenvalue weighted by atomic mass is 10.1. The van der Waals surface area contributed by atoms with E-state index in [2.05, 4.69) is 10.3 Å². The zero-order chi connectivity index (χ0) is 20.3. The second-order valence-corrected chi connectivity index (χ2v) is 6.36. The molecule has 0 saturated heterocycles. The van der Waals surface area contributed by atoms with Crippen molar-refractivity contribution in [2.45, 2.75) is 13.1 Å². The first-order chi connectivity index (χ1) is 13.2. The summed E-state index contributed by atoms with van der Waals surface area (Å²) < 4.78 is 38.8. The number of rotatable bonds is 4. The minimum absolute atomic E-state index is 0.260. The van der Waals surface area contributed by atoms with E-state index in [1.54, 1.807) is 54.4 Å². The van der Waals surface area contributed by atoms with E-state index in [1.807, 2.05) is 13.0 Å². The number of hydrogen-bond donors (Lipinski definition) is 1. The number of aryl methyl sites for hydroxylation is 1. The standard InChI is InChI=1S/C21H18F3N3O/c1-14-5-3-6-15(9-14)20(28)26-17-7-4-8-18(11-17)27(2)19-10-16(12-25-13-19)21(22,23)24/h3-13H,1-2H3,(H,26,28). The van der Waals surface area contributed by atoms with Gasteiger partial charge in [0.05, 0.1) is 17.4 Å². The molecule has 0 aliphatic rings. The van der Waals surface area contributed by atoms with Crippen molar-refractivity contribution in [1.29, 1.82) is 0 Å². The Labute approximate surface area is 160 Å². The van der Waals surface area contributed by atoms with E-state index in [0.717, 1.165) is 17.8 Å². The van der Waals surface area contributed by atoms with Gasteiger partial charge in [-0.25, -0.2) is 0 Å². The minimum atomic E-state index is -4.46. The molecule has 0 aliphatic carbocycles. The molecular weight excluding hydrogens is 367 g/mol. The van der Waals surface area contributed by atoms with Crippen LogP contribution in [0.2, 0.25) is 0 Å². The maximum absolute atomic E-state index is 12.9. The third-order valence-corrected chi connectivity index (χ3v) is 4.21. The van der Waals surface area contributed by atoms with Crippen molar-refractivity contribution in [3.8, 4) is 0 Å². The summed E-state index contributed by atoms with van der Waals surface area (Å²) in [4.78, 5) is 17.7. The van der Waals surface area contributed by atoms with E-state index in [1.165, 1.54) is 6.20 Å². The Kier molecular flexibility index (Phi) is 5.35. The Hall–Kier alpha value is -3.35. The number of carbonyl (C=O) groups excluding carboxylic acids is 1. The molecule has 1 aromatic heterocycles. The molecule has 1 amide bonds. The summed E-state index contributed by atoms with van der Waals surface area (Å²) in [5.41, 5.74) is 2.12. The minimum Gasteiger partial charge on any atom is -0.343 e. The van der Waals surface area contributed by atoms with Gasteiger partial charge in [-0.05, 0) is 43.3 Å². The summed E-state index contributed by atoms with van der Waals surface area (Å²) >= 11 is 0. The van der Waals surface area contributed by atoms with E-state index >= 15 is 0 Å². The summed E-state index contributed by atoms with van der Waals surface area (Å²) in [5, 5.41) is 2.81. The molecule has 0 unspecified atom stereocenters. The number of halogens is 3. The van der Waals surface area contributed by atoms with Crippen molar-refractivity contribution in [1.82, 2.24) is 4.98 Å². The number of aromatic nitrogens is 1. The molecule has 144 valence electrons. The molecule has 4 nitrogen and oxygen atoms in total. The Morgan fingerprint density at radius 3 is 2.46 bits per heavy atom. The number of pyridine rings is 1. The Bertz CT molecular complexity index is 1000. The molecule has 0 fully saturated rings. The van der Waals surface area contributed by atoms with Crippen molar-refractivity contribution < 1.29 is 18.0 Å². The fourth-order valence-electron chi connectivity index (χ4n) is 2.70. The summed E-state index contributed by atoms with van der Waals surface area (Å²) in [7, 11) is 1.64. The highest BCUT2D eigenvalue weighted by Crippen LogP contribution is 2.32. The SMILES string of the molecule is Cc1cccc(C(=O)Nc2cccc(N(C)c3cncc(C(F)(F)F)c3)c2)c1. The quantitative estimate of drug-likeness (QED) is 0.651. The van der Waals surface area contributed by atoms with Crippen LogP contribution < -0.4 is 10.2 Å². The fraction of sp³-hybridized carbons (Fsp3) is 0.143. The van der Waals surface area contributed by atoms with Gasteiger partial charge in [-0.1, -0.05) is 23.8 Å². The van der Waals surface area contributed by atoms with Gasteiger partial charge in [0.15, 0.2) is 0 Å². The van der Waals surface area contributed by atoms with Crippen LogP contribution in [-0.4, -0.2) is 17.9 Å². The maximum Gasteiger partial charge on any atom is 0.417 e. The predicted molar refractivity (Wildman–Crippen MR) is 103 cm³/mol. The van der Waals surface area contributed by atoms with Gasteiger partial charge >= 0.3 is 6.18 Å². The number of anilines is 3. The molecule has 0 atom stereocenters. The largest absolute Gasteiger partial charge is 0.417 e. The van der Waals surface area contributed by atoms with Gasteiger partial charge in [0.2, 0.25) is 0 Å². The predicted octanol–water partition coefficient (Wildman–Crippen LogP) is 5.43. The van der Waals surface area contributed by atoms with Crippen LogP contribution in [0.5, 0.6) is 0 Å². The van der Waals surface area contributed by atoms with E-state index in [-0.39, 0.29) is 11.6 Å². The van der Waals surface area contributed by atoms with E-state index in [4.69, 9.17) is 0 Å². The fourth-order valence-corrected chi connectivity index (χ4v) is 2.70. The normalized spacial score (nSPS) is 11.2. The highest BCUT2D eigenvalue weighted by atomic mass is 19.4. The molecule has 7 heteroatoms. The number of amides is 1. The number of benzene rings is 2. The third-order valence-electron chi connectivity index (χ3n) is 4.21. The van der Waals surface area contributed by atoms with Crippen LogP contribution in [0.4, 0.5) is 30.2 Å². The first-order valence-corrected chi connectivity index (χ1v) is 8.48. The Morgan fingerprint density at radius 1 is 1.00 bits per heavy atom. The second-order valence-electron chi connectivity index (χ2n) is 6.36. The van der Waals surface area contributed by atoms with Crippen LogP contribution in [0.1, 0.15) is 21.5 Å². The van der Waals surface area contributed by atoms with Gasteiger partial charge < -0.3 is 10.2 Å². The average Bonchev–Trinajstić information content (AvgIpc) is 2.67. The lowest BCUT2D eigenvalue weighted by Crippen LogP contribution is -2.14. The van der Waals surface area contributed by atoms with E-state index < -0.39 is 11.7 Å². The lowest BCUT2D eigenvalue weighted by Gasteiger charge is -2.21. The average molecular weight is 385 g/mol. The molecule has 0 bridgehead atoms. The summed E-state index contributed by atoms with van der Waals surface area (Å²) in [5.74, 6) is -0.260. The number of nitrogens with zero attached hydrogens (tertiary/aromatic N) is 2. The number of nitrogens with one attached hydrogen (secondary N) is 1. The molecule has 0 aliphatic heterocycles. The van der Waals surface area contributed by atoms with Gasteiger partial charge in [-0.15, -0.1) is 0 Å². The number of alkyl halides is 3. The van der Waals surface area contributed by atoms with Crippen molar-refractivity contribution >= 4 is 23.0 Å². The van der Waals surface area contributed by atoms with Gasteiger partial charge in [0, 0.05) is 30.2 Å². The van der Waals surface area contributed by atoms with Gasteiger partial charge in [0.25, 0.3) is 5.91 Å². The van der Waals surface area contributed by atoms with E-state index in [0.29, 0.717) is 16.9 Å². The molecule has 3 rings (SSSR count). The van der Waals surface area contributed by atoms with Crippen molar-refractivity contribution in [3.05, 3.63) is 83.7 Å². The van der Waals surface area contributed by atoms with Crippen molar-refractivity contribution in [3.63, 3.8) is 0 Å². The van der Waals surface area contributed by atoms with Crippen molar-refractivity contribution in [2.24, 2.45) is 0 Å². The molecule has 1 heterocycles. The molecule has 3 aromatic rings. The lowest BCUT2D eigenvalue weighted by molar-refractivity contribution is -0.137. The molecule has 0 spiro atoms. The van der Waals surface area contributed by atoms with Crippen LogP contribution in [0.15, 0.2) is 67.0 Å². The van der Waals surface area contributed by atoms with Crippen LogP contribution >= 0.6 is 0 Å². The summed E-state index contributed by atoms with van der Waals surface area (Å²) in [6.45, 7) is 1.90. The second kappa shape index (κ2) is 7.72. The maximum atomic E-state index is 12.9. The van der Waals surface area contributed by atoms with Crippen LogP contribution in [0.25, 0.3) is 0 Å². The Morgan fingerprint density at radius 2 is 1.75 bits per heavy atom. The number of hydrogen-bond acceptors (Lipinski definition) is 3. The molecule has 0 saturated carbocycles. The molecule has 1 N–H and O–H groups in total. The molecular formula is C21H18F3N3O. The molecule has 28 heavy (non-hydrogen) atoms. The summed E-state index contributed by atoms with van der Waals surface area (Å²) in [6, 6.07) is 15.1. The van der Waals surface area contributed by atoms with Crippen LogP contribution in [-0.2, 0) is 6.18 Å². The zero-order valence-corrected chi connectivity index (χ0v) is 15.3. The van der Waals surface area contributed by atoms with Gasteiger partial charge in [-0.2, -0.15) is 13.2 Å². The monoisotopic (exact) mass is 385 g/mol. The van der Waals surface area contributed by atoms with E-state index in [9.17, 15) is 18.0 Å².